The second kappa shape index (κ2) is 6.23. The zero-order valence-corrected chi connectivity index (χ0v) is 11.1. The summed E-state index contributed by atoms with van der Waals surface area (Å²) in [7, 11) is 0. The van der Waals surface area contributed by atoms with Crippen LogP contribution in [0.25, 0.3) is 0 Å². The fourth-order valence-electron chi connectivity index (χ4n) is 2.24. The van der Waals surface area contributed by atoms with E-state index in [1.54, 1.807) is 0 Å². The van der Waals surface area contributed by atoms with E-state index in [9.17, 15) is 13.2 Å². The van der Waals surface area contributed by atoms with Crippen molar-refractivity contribution in [2.24, 2.45) is 0 Å². The SMILES string of the molecule is Fc1cc(F)c(NC(=S)NC2CCCCC2)c(F)c1. The number of benzene rings is 1. The highest BCUT2D eigenvalue weighted by molar-refractivity contribution is 7.80. The van der Waals surface area contributed by atoms with Crippen LogP contribution in [0.3, 0.4) is 0 Å². The van der Waals surface area contributed by atoms with E-state index in [4.69, 9.17) is 12.2 Å². The predicted octanol–water partition coefficient (Wildman–Crippen LogP) is 3.72. The van der Waals surface area contributed by atoms with Crippen LogP contribution in [0.4, 0.5) is 18.9 Å². The van der Waals surface area contributed by atoms with Gasteiger partial charge in [0.1, 0.15) is 11.5 Å². The van der Waals surface area contributed by atoms with E-state index in [0.29, 0.717) is 12.1 Å². The molecule has 0 radical (unpaired) electrons. The van der Waals surface area contributed by atoms with Gasteiger partial charge in [-0.3, -0.25) is 0 Å². The van der Waals surface area contributed by atoms with Crippen molar-refractivity contribution in [3.63, 3.8) is 0 Å². The molecule has 1 saturated carbocycles. The van der Waals surface area contributed by atoms with E-state index in [1.807, 2.05) is 0 Å². The summed E-state index contributed by atoms with van der Waals surface area (Å²) in [6.07, 6.45) is 5.45. The smallest absolute Gasteiger partial charge is 0.171 e. The first kappa shape index (κ1) is 14.1. The Morgan fingerprint density at radius 2 is 1.63 bits per heavy atom. The van der Waals surface area contributed by atoms with Crippen molar-refractivity contribution in [1.82, 2.24) is 5.32 Å². The minimum absolute atomic E-state index is 0.163. The fraction of sp³-hybridized carbons (Fsp3) is 0.462. The zero-order valence-electron chi connectivity index (χ0n) is 10.3. The molecule has 0 aliphatic heterocycles. The molecule has 104 valence electrons. The van der Waals surface area contributed by atoms with E-state index < -0.39 is 23.1 Å². The number of rotatable bonds is 2. The molecule has 0 aromatic heterocycles. The van der Waals surface area contributed by atoms with Gasteiger partial charge >= 0.3 is 0 Å². The Hall–Kier alpha value is -1.30. The molecule has 0 amide bonds. The Bertz CT molecular complexity index is 450. The van der Waals surface area contributed by atoms with Gasteiger partial charge in [-0.25, -0.2) is 13.2 Å². The molecule has 0 unspecified atom stereocenters. The number of hydrogen-bond acceptors (Lipinski definition) is 1. The molecule has 1 fully saturated rings. The third-order valence-electron chi connectivity index (χ3n) is 3.19. The van der Waals surface area contributed by atoms with Crippen LogP contribution >= 0.6 is 12.2 Å². The summed E-state index contributed by atoms with van der Waals surface area (Å²) in [5.74, 6) is -2.94. The lowest BCUT2D eigenvalue weighted by Gasteiger charge is -2.24. The number of anilines is 1. The largest absolute Gasteiger partial charge is 0.360 e. The lowest BCUT2D eigenvalue weighted by atomic mass is 9.96. The summed E-state index contributed by atoms with van der Waals surface area (Å²) in [4.78, 5) is 0. The maximum atomic E-state index is 13.4. The van der Waals surface area contributed by atoms with Gasteiger partial charge in [0, 0.05) is 18.2 Å². The van der Waals surface area contributed by atoms with Crippen molar-refractivity contribution in [2.75, 3.05) is 5.32 Å². The van der Waals surface area contributed by atoms with Gasteiger partial charge in [0.25, 0.3) is 0 Å². The summed E-state index contributed by atoms with van der Waals surface area (Å²) in [5, 5.41) is 5.65. The molecule has 0 bridgehead atoms. The van der Waals surface area contributed by atoms with Crippen LogP contribution in [0.15, 0.2) is 12.1 Å². The minimum Gasteiger partial charge on any atom is -0.360 e. The summed E-state index contributed by atoms with van der Waals surface area (Å²) in [6.45, 7) is 0. The molecule has 19 heavy (non-hydrogen) atoms. The van der Waals surface area contributed by atoms with Crippen molar-refractivity contribution in [3.8, 4) is 0 Å². The van der Waals surface area contributed by atoms with E-state index in [-0.39, 0.29) is 11.2 Å². The molecule has 0 heterocycles. The van der Waals surface area contributed by atoms with E-state index in [1.165, 1.54) is 6.42 Å². The van der Waals surface area contributed by atoms with Crippen molar-refractivity contribution in [3.05, 3.63) is 29.6 Å². The van der Waals surface area contributed by atoms with Crippen molar-refractivity contribution in [2.45, 2.75) is 38.1 Å². The van der Waals surface area contributed by atoms with Gasteiger partial charge in [0.2, 0.25) is 0 Å². The van der Waals surface area contributed by atoms with Gasteiger partial charge in [-0.05, 0) is 25.1 Å². The zero-order chi connectivity index (χ0) is 13.8. The van der Waals surface area contributed by atoms with Gasteiger partial charge in [0.15, 0.2) is 16.7 Å². The summed E-state index contributed by atoms with van der Waals surface area (Å²) < 4.78 is 39.6. The molecule has 0 atom stereocenters. The molecule has 0 saturated heterocycles. The summed E-state index contributed by atoms with van der Waals surface area (Å²) in [5.41, 5.74) is -0.422. The Labute approximate surface area is 115 Å². The molecule has 1 aliphatic rings. The highest BCUT2D eigenvalue weighted by Crippen LogP contribution is 2.21. The Kier molecular flexibility index (Phi) is 4.63. The molecule has 6 heteroatoms. The normalized spacial score (nSPS) is 16.2. The number of nitrogens with one attached hydrogen (secondary N) is 2. The molecule has 2 nitrogen and oxygen atoms in total. The minimum atomic E-state index is -0.995. The maximum Gasteiger partial charge on any atom is 0.171 e. The molecular formula is C13H15F3N2S. The lowest BCUT2D eigenvalue weighted by molar-refractivity contribution is 0.414. The first-order chi connectivity index (χ1) is 9.06. The van der Waals surface area contributed by atoms with Crippen LogP contribution in [0.2, 0.25) is 0 Å². The van der Waals surface area contributed by atoms with Gasteiger partial charge < -0.3 is 10.6 Å². The fourth-order valence-corrected chi connectivity index (χ4v) is 2.51. The first-order valence-corrected chi connectivity index (χ1v) is 6.69. The van der Waals surface area contributed by atoms with Crippen LogP contribution in [0.5, 0.6) is 0 Å². The van der Waals surface area contributed by atoms with Gasteiger partial charge in [-0.15, -0.1) is 0 Å². The molecule has 2 N–H and O–H groups in total. The standard InChI is InChI=1S/C13H15F3N2S/c14-8-6-10(15)12(11(16)7-8)18-13(19)17-9-4-2-1-3-5-9/h6-7,9H,1-5H2,(H2,17,18,19). The van der Waals surface area contributed by atoms with Gasteiger partial charge in [-0.1, -0.05) is 19.3 Å². The van der Waals surface area contributed by atoms with Crippen LogP contribution in [0.1, 0.15) is 32.1 Å². The lowest BCUT2D eigenvalue weighted by Crippen LogP contribution is -2.39. The van der Waals surface area contributed by atoms with Crippen LogP contribution in [-0.4, -0.2) is 11.2 Å². The highest BCUT2D eigenvalue weighted by atomic mass is 32.1. The van der Waals surface area contributed by atoms with E-state index in [2.05, 4.69) is 10.6 Å². The molecule has 2 rings (SSSR count). The highest BCUT2D eigenvalue weighted by Gasteiger charge is 2.16. The second-order valence-electron chi connectivity index (χ2n) is 4.68. The Morgan fingerprint density at radius 1 is 1.05 bits per heavy atom. The van der Waals surface area contributed by atoms with Crippen molar-refractivity contribution < 1.29 is 13.2 Å². The molecule has 1 aliphatic carbocycles. The first-order valence-electron chi connectivity index (χ1n) is 6.28. The average molecular weight is 288 g/mol. The second-order valence-corrected chi connectivity index (χ2v) is 5.09. The Balaban J connectivity index is 1.98. The van der Waals surface area contributed by atoms with E-state index >= 15 is 0 Å². The monoisotopic (exact) mass is 288 g/mol. The van der Waals surface area contributed by atoms with Gasteiger partial charge in [-0.2, -0.15) is 0 Å². The molecular weight excluding hydrogens is 273 g/mol. The number of thiocarbonyl (C=S) groups is 1. The molecule has 0 spiro atoms. The van der Waals surface area contributed by atoms with Crippen LogP contribution in [-0.2, 0) is 0 Å². The van der Waals surface area contributed by atoms with E-state index in [0.717, 1.165) is 25.7 Å². The predicted molar refractivity (Wildman–Crippen MR) is 72.5 cm³/mol. The Morgan fingerprint density at radius 3 is 2.21 bits per heavy atom. The molecule has 1 aromatic rings. The number of halogens is 3. The quantitative estimate of drug-likeness (QED) is 0.811. The van der Waals surface area contributed by atoms with Gasteiger partial charge in [0.05, 0.1) is 0 Å². The third-order valence-corrected chi connectivity index (χ3v) is 3.41. The third kappa shape index (κ3) is 3.83. The topological polar surface area (TPSA) is 24.1 Å². The van der Waals surface area contributed by atoms with Crippen LogP contribution < -0.4 is 10.6 Å². The summed E-state index contributed by atoms with van der Waals surface area (Å²) >= 11 is 5.02. The average Bonchev–Trinajstić information content (AvgIpc) is 2.35. The maximum absolute atomic E-state index is 13.4. The van der Waals surface area contributed by atoms with Crippen LogP contribution in [0, 0.1) is 17.5 Å². The number of hydrogen-bond donors (Lipinski definition) is 2. The molecule has 1 aromatic carbocycles. The van der Waals surface area contributed by atoms with Crippen molar-refractivity contribution >= 4 is 23.0 Å². The summed E-state index contributed by atoms with van der Waals surface area (Å²) in [6, 6.07) is 1.48. The van der Waals surface area contributed by atoms with Crippen molar-refractivity contribution in [1.29, 1.82) is 0 Å².